The van der Waals surface area contributed by atoms with Crippen LogP contribution in [0.25, 0.3) is 0 Å². The Balaban J connectivity index is 2.15. The van der Waals surface area contributed by atoms with Crippen molar-refractivity contribution in [2.75, 3.05) is 0 Å². The Morgan fingerprint density at radius 2 is 1.91 bits per heavy atom. The van der Waals surface area contributed by atoms with Crippen LogP contribution in [0, 0.1) is 0 Å². The number of thiocarbonyl (C=S) groups is 1. The molecule has 4 nitrogen and oxygen atoms in total. The number of nitrogens with two attached hydrogens (primary N) is 1. The molecular formula is C15H11BrCl2N2O2S. The fourth-order valence-electron chi connectivity index (χ4n) is 1.75. The van der Waals surface area contributed by atoms with Crippen molar-refractivity contribution in [3.05, 3.63) is 62.0 Å². The van der Waals surface area contributed by atoms with Crippen LogP contribution in [0.5, 0.6) is 5.75 Å². The third kappa shape index (κ3) is 5.07. The van der Waals surface area contributed by atoms with Gasteiger partial charge < -0.3 is 10.5 Å². The van der Waals surface area contributed by atoms with Crippen molar-refractivity contribution in [1.29, 1.82) is 0 Å². The molecule has 0 fully saturated rings. The van der Waals surface area contributed by atoms with E-state index in [4.69, 9.17) is 33.7 Å². The van der Waals surface area contributed by atoms with E-state index in [0.717, 1.165) is 5.56 Å². The van der Waals surface area contributed by atoms with Gasteiger partial charge in [0.2, 0.25) is 0 Å². The maximum atomic E-state index is 11.9. The molecule has 23 heavy (non-hydrogen) atoms. The predicted octanol–water partition coefficient (Wildman–Crippen LogP) is 4.31. The Kier molecular flexibility index (Phi) is 6.24. The van der Waals surface area contributed by atoms with Gasteiger partial charge in [0.25, 0.3) is 5.91 Å². The van der Waals surface area contributed by atoms with Crippen LogP contribution in [0.1, 0.15) is 15.9 Å². The fraction of sp³-hybridized carbons (Fsp3) is 0.0667. The van der Waals surface area contributed by atoms with Gasteiger partial charge in [-0.1, -0.05) is 35.3 Å². The van der Waals surface area contributed by atoms with Gasteiger partial charge in [0, 0.05) is 10.6 Å². The monoisotopic (exact) mass is 432 g/mol. The Bertz CT molecular complexity index is 731. The van der Waals surface area contributed by atoms with Crippen molar-refractivity contribution in [3.8, 4) is 5.75 Å². The molecule has 2 aromatic carbocycles. The van der Waals surface area contributed by atoms with E-state index >= 15 is 0 Å². The number of benzene rings is 2. The zero-order valence-corrected chi connectivity index (χ0v) is 15.5. The number of rotatable bonds is 4. The molecule has 0 atom stereocenters. The third-order valence-corrected chi connectivity index (χ3v) is 4.02. The van der Waals surface area contributed by atoms with E-state index < -0.39 is 5.91 Å². The number of nitrogens with one attached hydrogen (secondary N) is 1. The molecular weight excluding hydrogens is 423 g/mol. The quantitative estimate of drug-likeness (QED) is 0.705. The zero-order chi connectivity index (χ0) is 17.0. The lowest BCUT2D eigenvalue weighted by molar-refractivity contribution is 0.0977. The average molecular weight is 434 g/mol. The summed E-state index contributed by atoms with van der Waals surface area (Å²) in [5.74, 6) is -0.00200. The Labute approximate surface area is 157 Å². The number of halogens is 3. The fourth-order valence-corrected chi connectivity index (χ4v) is 2.93. The second kappa shape index (κ2) is 7.97. The first kappa shape index (κ1) is 18.0. The molecule has 0 aliphatic carbocycles. The van der Waals surface area contributed by atoms with Crippen molar-refractivity contribution in [3.63, 3.8) is 0 Å². The molecule has 120 valence electrons. The minimum absolute atomic E-state index is 0.106. The van der Waals surface area contributed by atoms with E-state index in [9.17, 15) is 4.79 Å². The maximum Gasteiger partial charge on any atom is 0.257 e. The molecule has 8 heteroatoms. The summed E-state index contributed by atoms with van der Waals surface area (Å²) in [6, 6.07) is 10.3. The van der Waals surface area contributed by atoms with Crippen LogP contribution in [0.2, 0.25) is 10.0 Å². The van der Waals surface area contributed by atoms with E-state index in [1.54, 1.807) is 18.2 Å². The smallest absolute Gasteiger partial charge is 0.257 e. The second-order valence-corrected chi connectivity index (χ2v) is 6.64. The number of amides is 1. The third-order valence-electron chi connectivity index (χ3n) is 2.79. The maximum absolute atomic E-state index is 11.9. The van der Waals surface area contributed by atoms with E-state index in [1.165, 1.54) is 6.07 Å². The summed E-state index contributed by atoms with van der Waals surface area (Å²) >= 11 is 20.0. The molecule has 2 rings (SSSR count). The van der Waals surface area contributed by atoms with Crippen molar-refractivity contribution in [2.24, 2.45) is 5.73 Å². The lowest BCUT2D eigenvalue weighted by Gasteiger charge is -2.12. The van der Waals surface area contributed by atoms with E-state index in [1.807, 2.05) is 12.1 Å². The van der Waals surface area contributed by atoms with E-state index in [-0.39, 0.29) is 5.11 Å². The van der Waals surface area contributed by atoms with Crippen molar-refractivity contribution < 1.29 is 9.53 Å². The van der Waals surface area contributed by atoms with Crippen molar-refractivity contribution >= 4 is 62.4 Å². The molecule has 0 saturated heterocycles. The molecule has 3 N–H and O–H groups in total. The van der Waals surface area contributed by atoms with Gasteiger partial charge in [-0.3, -0.25) is 10.1 Å². The highest BCUT2D eigenvalue weighted by Crippen LogP contribution is 2.35. The number of carbonyl (C=O) groups is 1. The molecule has 0 bridgehead atoms. The summed E-state index contributed by atoms with van der Waals surface area (Å²) in [6.07, 6.45) is 0. The van der Waals surface area contributed by atoms with Gasteiger partial charge in [0.05, 0.1) is 9.50 Å². The molecule has 2 aromatic rings. The Morgan fingerprint density at radius 1 is 1.26 bits per heavy atom. The number of hydrogen-bond acceptors (Lipinski definition) is 3. The first-order valence-corrected chi connectivity index (χ1v) is 8.29. The first-order valence-electron chi connectivity index (χ1n) is 6.34. The van der Waals surface area contributed by atoms with Gasteiger partial charge in [-0.2, -0.15) is 0 Å². The summed E-state index contributed by atoms with van der Waals surface area (Å²) in [6.45, 7) is 0.313. The lowest BCUT2D eigenvalue weighted by atomic mass is 10.2. The Hall–Kier alpha value is -1.34. The Morgan fingerprint density at radius 3 is 2.48 bits per heavy atom. The van der Waals surface area contributed by atoms with Gasteiger partial charge in [-0.05, 0) is 58.0 Å². The van der Waals surface area contributed by atoms with E-state index in [0.29, 0.717) is 32.4 Å². The van der Waals surface area contributed by atoms with Gasteiger partial charge in [-0.25, -0.2) is 0 Å². The van der Waals surface area contributed by atoms with Crippen LogP contribution in [0.3, 0.4) is 0 Å². The summed E-state index contributed by atoms with van der Waals surface area (Å²) in [4.78, 5) is 11.9. The molecule has 0 heterocycles. The standard InChI is InChI=1S/C15H11BrCl2N2O2S/c16-11-5-9(14(21)20-15(19)23)6-12(18)13(11)22-7-8-1-3-10(17)4-2-8/h1-6H,7H2,(H3,19,20,21,23). The highest BCUT2D eigenvalue weighted by molar-refractivity contribution is 9.10. The molecule has 1 amide bonds. The SMILES string of the molecule is NC(=S)NC(=O)c1cc(Cl)c(OCc2ccc(Cl)cc2)c(Br)c1. The van der Waals surface area contributed by atoms with Crippen molar-refractivity contribution in [2.45, 2.75) is 6.61 Å². The predicted molar refractivity (Wildman–Crippen MR) is 99.2 cm³/mol. The second-order valence-electron chi connectivity index (χ2n) is 4.50. The van der Waals surface area contributed by atoms with Gasteiger partial charge in [0.1, 0.15) is 6.61 Å². The lowest BCUT2D eigenvalue weighted by Crippen LogP contribution is -2.34. The molecule has 0 aliphatic heterocycles. The number of hydrogen-bond donors (Lipinski definition) is 2. The van der Waals surface area contributed by atoms with Gasteiger partial charge in [-0.15, -0.1) is 0 Å². The molecule has 0 spiro atoms. The van der Waals surface area contributed by atoms with Crippen LogP contribution in [-0.2, 0) is 6.61 Å². The van der Waals surface area contributed by atoms with Crippen LogP contribution in [0.15, 0.2) is 40.9 Å². The topological polar surface area (TPSA) is 64.3 Å². The minimum Gasteiger partial charge on any atom is -0.486 e. The average Bonchev–Trinajstić information content (AvgIpc) is 2.47. The van der Waals surface area contributed by atoms with Gasteiger partial charge in [0.15, 0.2) is 10.9 Å². The minimum atomic E-state index is -0.440. The van der Waals surface area contributed by atoms with E-state index in [2.05, 4.69) is 33.5 Å². The highest BCUT2D eigenvalue weighted by Gasteiger charge is 2.14. The largest absolute Gasteiger partial charge is 0.486 e. The summed E-state index contributed by atoms with van der Waals surface area (Å²) in [7, 11) is 0. The van der Waals surface area contributed by atoms with Crippen LogP contribution in [-0.4, -0.2) is 11.0 Å². The highest BCUT2D eigenvalue weighted by atomic mass is 79.9. The molecule has 0 radical (unpaired) electrons. The number of ether oxygens (including phenoxy) is 1. The van der Waals surface area contributed by atoms with Crippen LogP contribution < -0.4 is 15.8 Å². The van der Waals surface area contributed by atoms with Crippen molar-refractivity contribution in [1.82, 2.24) is 5.32 Å². The molecule has 0 aromatic heterocycles. The molecule has 0 unspecified atom stereocenters. The summed E-state index contributed by atoms with van der Waals surface area (Å²) < 4.78 is 6.25. The van der Waals surface area contributed by atoms with Crippen LogP contribution >= 0.6 is 51.3 Å². The number of carbonyl (C=O) groups excluding carboxylic acids is 1. The van der Waals surface area contributed by atoms with Gasteiger partial charge >= 0.3 is 0 Å². The molecule has 0 saturated carbocycles. The van der Waals surface area contributed by atoms with Crippen LogP contribution in [0.4, 0.5) is 0 Å². The first-order chi connectivity index (χ1) is 10.9. The zero-order valence-electron chi connectivity index (χ0n) is 11.6. The summed E-state index contributed by atoms with van der Waals surface area (Å²) in [5.41, 5.74) is 6.53. The summed E-state index contributed by atoms with van der Waals surface area (Å²) in [5, 5.41) is 3.17. The normalized spacial score (nSPS) is 10.2. The molecule has 0 aliphatic rings.